The first kappa shape index (κ1) is 24.3. The van der Waals surface area contributed by atoms with Crippen molar-refractivity contribution in [2.24, 2.45) is 5.92 Å². The van der Waals surface area contributed by atoms with E-state index in [4.69, 9.17) is 21.7 Å². The second kappa shape index (κ2) is 10.0. The number of carbonyl (C=O) groups excluding carboxylic acids is 1. The third-order valence-electron chi connectivity index (χ3n) is 5.45. The van der Waals surface area contributed by atoms with Gasteiger partial charge in [0.05, 0.1) is 4.99 Å². The predicted molar refractivity (Wildman–Crippen MR) is 135 cm³/mol. The molecule has 172 valence electrons. The SMILES string of the molecule is CC.Cc1cc(NC(=S)C(C)C)ccc1C1(OC=O)c2ccccc2Oc2cc(O)ccc21. The van der Waals surface area contributed by atoms with Crippen LogP contribution in [0.3, 0.4) is 0 Å². The van der Waals surface area contributed by atoms with Gasteiger partial charge >= 0.3 is 0 Å². The van der Waals surface area contributed by atoms with Crippen LogP contribution in [0, 0.1) is 12.8 Å². The lowest BCUT2D eigenvalue weighted by Crippen LogP contribution is -2.36. The largest absolute Gasteiger partial charge is 0.508 e. The Morgan fingerprint density at radius 2 is 1.70 bits per heavy atom. The van der Waals surface area contributed by atoms with Crippen molar-refractivity contribution in [1.29, 1.82) is 0 Å². The first-order valence-corrected chi connectivity index (χ1v) is 11.4. The van der Waals surface area contributed by atoms with Crippen molar-refractivity contribution < 1.29 is 19.4 Å². The Bertz CT molecular complexity index is 1170. The molecule has 1 atom stereocenters. The minimum Gasteiger partial charge on any atom is -0.508 e. The van der Waals surface area contributed by atoms with Gasteiger partial charge in [-0.05, 0) is 42.8 Å². The van der Waals surface area contributed by atoms with E-state index in [1.807, 2.05) is 77.1 Å². The van der Waals surface area contributed by atoms with E-state index in [-0.39, 0.29) is 11.7 Å². The van der Waals surface area contributed by atoms with Crippen LogP contribution in [0.1, 0.15) is 49.9 Å². The van der Waals surface area contributed by atoms with Crippen LogP contribution < -0.4 is 10.1 Å². The average molecular weight is 464 g/mol. The van der Waals surface area contributed by atoms with Gasteiger partial charge in [0.1, 0.15) is 17.2 Å². The number of thiocarbonyl (C=S) groups is 1. The maximum absolute atomic E-state index is 11.8. The van der Waals surface area contributed by atoms with Gasteiger partial charge in [0.15, 0.2) is 5.60 Å². The normalized spacial score (nSPS) is 15.8. The fourth-order valence-corrected chi connectivity index (χ4v) is 4.09. The van der Waals surface area contributed by atoms with Gasteiger partial charge in [0, 0.05) is 34.4 Å². The standard InChI is InChI=1S/C25H23NO4S.C2H6/c1-15(2)24(31)26-17-8-10-19(16(3)12-17)25(29-14-27)20-6-4-5-7-22(20)30-23-13-18(28)9-11-21(23)25;1-2/h4-15,28H,1-3H3,(H,26,31);1-2H3. The minimum atomic E-state index is -1.22. The van der Waals surface area contributed by atoms with Crippen LogP contribution in [0.4, 0.5) is 5.69 Å². The molecule has 4 rings (SSSR count). The number of anilines is 1. The Balaban J connectivity index is 0.00000149. The van der Waals surface area contributed by atoms with E-state index in [2.05, 4.69) is 5.32 Å². The molecule has 0 fully saturated rings. The van der Waals surface area contributed by atoms with Crippen LogP contribution in [0.5, 0.6) is 17.2 Å². The summed E-state index contributed by atoms with van der Waals surface area (Å²) < 4.78 is 11.9. The summed E-state index contributed by atoms with van der Waals surface area (Å²) in [7, 11) is 0. The van der Waals surface area contributed by atoms with Gasteiger partial charge < -0.3 is 19.9 Å². The van der Waals surface area contributed by atoms with Crippen molar-refractivity contribution in [1.82, 2.24) is 0 Å². The molecular formula is C27H29NO4S. The fraction of sp³-hybridized carbons (Fsp3) is 0.259. The highest BCUT2D eigenvalue weighted by Crippen LogP contribution is 2.53. The molecule has 0 radical (unpaired) electrons. The van der Waals surface area contributed by atoms with Gasteiger partial charge in [-0.15, -0.1) is 0 Å². The molecule has 2 N–H and O–H groups in total. The molecule has 5 nitrogen and oxygen atoms in total. The van der Waals surface area contributed by atoms with Crippen molar-refractivity contribution in [3.8, 4) is 17.2 Å². The summed E-state index contributed by atoms with van der Waals surface area (Å²) in [5, 5.41) is 13.3. The number of aryl methyl sites for hydroxylation is 1. The molecule has 0 aromatic heterocycles. The van der Waals surface area contributed by atoms with E-state index in [0.717, 1.165) is 21.8 Å². The first-order valence-electron chi connectivity index (χ1n) is 11.0. The molecule has 0 saturated heterocycles. The molecular weight excluding hydrogens is 434 g/mol. The molecule has 1 aliphatic rings. The Hall–Kier alpha value is -3.38. The molecule has 1 aliphatic heterocycles. The van der Waals surface area contributed by atoms with Crippen molar-refractivity contribution in [3.05, 3.63) is 82.9 Å². The van der Waals surface area contributed by atoms with E-state index < -0.39 is 5.60 Å². The molecule has 1 heterocycles. The second-order valence-electron chi connectivity index (χ2n) is 7.85. The summed E-state index contributed by atoms with van der Waals surface area (Å²) in [5.74, 6) is 1.28. The molecule has 0 bridgehead atoms. The number of rotatable bonds is 5. The van der Waals surface area contributed by atoms with Crippen LogP contribution in [0.15, 0.2) is 60.7 Å². The van der Waals surface area contributed by atoms with Crippen LogP contribution in [0.25, 0.3) is 0 Å². The molecule has 0 amide bonds. The summed E-state index contributed by atoms with van der Waals surface area (Å²) in [6.45, 7) is 10.5. The Kier molecular flexibility index (Phi) is 7.39. The smallest absolute Gasteiger partial charge is 0.294 e. The van der Waals surface area contributed by atoms with Crippen molar-refractivity contribution in [2.75, 3.05) is 5.32 Å². The lowest BCUT2D eigenvalue weighted by Gasteiger charge is -2.39. The van der Waals surface area contributed by atoms with Crippen LogP contribution in [-0.2, 0) is 15.1 Å². The highest BCUT2D eigenvalue weighted by molar-refractivity contribution is 7.80. The van der Waals surface area contributed by atoms with Crippen molar-refractivity contribution >= 4 is 29.4 Å². The van der Waals surface area contributed by atoms with E-state index in [1.165, 1.54) is 6.07 Å². The Morgan fingerprint density at radius 1 is 1.03 bits per heavy atom. The van der Waals surface area contributed by atoms with Gasteiger partial charge in [-0.3, -0.25) is 4.79 Å². The number of hydrogen-bond acceptors (Lipinski definition) is 5. The molecule has 3 aromatic carbocycles. The predicted octanol–water partition coefficient (Wildman–Crippen LogP) is 6.69. The zero-order valence-corrected chi connectivity index (χ0v) is 20.3. The highest BCUT2D eigenvalue weighted by atomic mass is 32.1. The summed E-state index contributed by atoms with van der Waals surface area (Å²) >= 11 is 5.42. The molecule has 33 heavy (non-hydrogen) atoms. The number of ether oxygens (including phenoxy) is 2. The zero-order valence-electron chi connectivity index (χ0n) is 19.5. The summed E-state index contributed by atoms with van der Waals surface area (Å²) in [6.07, 6.45) is 0. The van der Waals surface area contributed by atoms with Gasteiger partial charge in [0.2, 0.25) is 0 Å². The van der Waals surface area contributed by atoms with Crippen LogP contribution in [0.2, 0.25) is 0 Å². The number of aromatic hydroxyl groups is 1. The number of hydrogen-bond donors (Lipinski definition) is 2. The number of phenols is 1. The number of fused-ring (bicyclic) bond motifs is 2. The number of nitrogens with one attached hydrogen (secondary N) is 1. The summed E-state index contributed by atoms with van der Waals surface area (Å²) in [6, 6.07) is 18.1. The summed E-state index contributed by atoms with van der Waals surface area (Å²) in [4.78, 5) is 12.5. The van der Waals surface area contributed by atoms with Gasteiger partial charge in [-0.25, -0.2) is 0 Å². The molecule has 6 heteroatoms. The molecule has 1 unspecified atom stereocenters. The van der Waals surface area contributed by atoms with E-state index in [9.17, 15) is 9.90 Å². The minimum absolute atomic E-state index is 0.0663. The van der Waals surface area contributed by atoms with Gasteiger partial charge in [-0.2, -0.15) is 0 Å². The molecule has 0 spiro atoms. The number of benzene rings is 3. The van der Waals surface area contributed by atoms with Crippen LogP contribution in [-0.4, -0.2) is 16.6 Å². The average Bonchev–Trinajstić information content (AvgIpc) is 2.80. The molecule has 3 aromatic rings. The maximum atomic E-state index is 11.8. The quantitative estimate of drug-likeness (QED) is 0.324. The van der Waals surface area contributed by atoms with Crippen molar-refractivity contribution in [2.45, 2.75) is 40.2 Å². The van der Waals surface area contributed by atoms with Crippen LogP contribution >= 0.6 is 12.2 Å². The number of carbonyl (C=O) groups is 1. The Morgan fingerprint density at radius 3 is 2.36 bits per heavy atom. The topological polar surface area (TPSA) is 67.8 Å². The monoisotopic (exact) mass is 463 g/mol. The maximum Gasteiger partial charge on any atom is 0.294 e. The zero-order chi connectivity index (χ0) is 24.2. The fourth-order valence-electron chi connectivity index (χ4n) is 3.97. The lowest BCUT2D eigenvalue weighted by atomic mass is 9.76. The number of phenolic OH excluding ortho intramolecular Hbond substituents is 1. The Labute approximate surface area is 200 Å². The lowest BCUT2D eigenvalue weighted by molar-refractivity contribution is -0.137. The molecule has 0 aliphatic carbocycles. The highest BCUT2D eigenvalue weighted by Gasteiger charge is 2.47. The van der Waals surface area contributed by atoms with Gasteiger partial charge in [0.25, 0.3) is 6.47 Å². The summed E-state index contributed by atoms with van der Waals surface area (Å²) in [5.41, 5.74) is 2.70. The first-order chi connectivity index (χ1) is 15.9. The third-order valence-corrected chi connectivity index (χ3v) is 6.03. The van der Waals surface area contributed by atoms with E-state index >= 15 is 0 Å². The van der Waals surface area contributed by atoms with E-state index in [0.29, 0.717) is 29.1 Å². The second-order valence-corrected chi connectivity index (χ2v) is 8.29. The third kappa shape index (κ3) is 4.44. The number of para-hydroxylation sites is 1. The van der Waals surface area contributed by atoms with Crippen molar-refractivity contribution in [3.63, 3.8) is 0 Å². The molecule has 0 saturated carbocycles. The van der Waals surface area contributed by atoms with Gasteiger partial charge in [-0.1, -0.05) is 64.2 Å². The van der Waals surface area contributed by atoms with E-state index in [1.54, 1.807) is 12.1 Å².